The number of hydrogen-bond acceptors (Lipinski definition) is 5. The first-order valence-corrected chi connectivity index (χ1v) is 12.0. The normalized spacial score (nSPS) is 24.5. The van der Waals surface area contributed by atoms with Crippen molar-refractivity contribution in [2.75, 3.05) is 46.8 Å². The van der Waals surface area contributed by atoms with Crippen molar-refractivity contribution in [2.45, 2.75) is 76.3 Å². The van der Waals surface area contributed by atoms with E-state index in [0.717, 1.165) is 58.2 Å². The van der Waals surface area contributed by atoms with Crippen molar-refractivity contribution in [3.05, 3.63) is 0 Å². The SMILES string of the molecule is CCCNC(C)CC(N(C)C)(N1CCCCC1)S(=O)(=O)N1CCCCC1. The second-order valence-electron chi connectivity index (χ2n) is 8.21. The van der Waals surface area contributed by atoms with Gasteiger partial charge in [0.15, 0.2) is 4.99 Å². The second kappa shape index (κ2) is 9.82. The highest BCUT2D eigenvalue weighted by Gasteiger charge is 2.54. The third kappa shape index (κ3) is 4.61. The predicted molar refractivity (Wildman–Crippen MR) is 109 cm³/mol. The lowest BCUT2D eigenvalue weighted by molar-refractivity contribution is 0.00618. The topological polar surface area (TPSA) is 55.9 Å². The molecule has 0 amide bonds. The summed E-state index contributed by atoms with van der Waals surface area (Å²) in [4.78, 5) is 3.28. The fourth-order valence-electron chi connectivity index (χ4n) is 4.51. The lowest BCUT2D eigenvalue weighted by atomic mass is 10.1. The van der Waals surface area contributed by atoms with E-state index in [-0.39, 0.29) is 6.04 Å². The minimum atomic E-state index is -3.46. The van der Waals surface area contributed by atoms with Gasteiger partial charge >= 0.3 is 0 Å². The molecule has 26 heavy (non-hydrogen) atoms. The van der Waals surface area contributed by atoms with Crippen molar-refractivity contribution in [3.8, 4) is 0 Å². The van der Waals surface area contributed by atoms with Crippen LogP contribution >= 0.6 is 0 Å². The molecular formula is C19H40N4O2S. The maximum absolute atomic E-state index is 14.0. The van der Waals surface area contributed by atoms with Crippen LogP contribution in [-0.4, -0.2) is 80.4 Å². The zero-order chi connectivity index (χ0) is 19.2. The van der Waals surface area contributed by atoms with Gasteiger partial charge in [0, 0.05) is 38.6 Å². The third-order valence-corrected chi connectivity index (χ3v) is 8.59. The van der Waals surface area contributed by atoms with Crippen molar-refractivity contribution in [1.82, 2.24) is 19.4 Å². The van der Waals surface area contributed by atoms with Crippen molar-refractivity contribution < 1.29 is 8.42 Å². The summed E-state index contributed by atoms with van der Waals surface area (Å²) in [6.45, 7) is 8.27. The van der Waals surface area contributed by atoms with E-state index < -0.39 is 15.0 Å². The van der Waals surface area contributed by atoms with Gasteiger partial charge < -0.3 is 5.32 Å². The summed E-state index contributed by atoms with van der Waals surface area (Å²) < 4.78 is 29.7. The molecule has 2 aliphatic heterocycles. The maximum atomic E-state index is 14.0. The first-order chi connectivity index (χ1) is 12.4. The Balaban J connectivity index is 2.39. The molecule has 154 valence electrons. The Morgan fingerprint density at radius 1 is 1.00 bits per heavy atom. The molecule has 2 unspecified atom stereocenters. The van der Waals surface area contributed by atoms with Gasteiger partial charge in [-0.3, -0.25) is 9.80 Å². The molecule has 2 fully saturated rings. The van der Waals surface area contributed by atoms with Crippen molar-refractivity contribution in [2.24, 2.45) is 0 Å². The van der Waals surface area contributed by atoms with Crippen molar-refractivity contribution >= 4 is 10.0 Å². The van der Waals surface area contributed by atoms with Gasteiger partial charge in [0.2, 0.25) is 10.0 Å². The number of piperidine rings is 2. The Kier molecular flexibility index (Phi) is 8.34. The summed E-state index contributed by atoms with van der Waals surface area (Å²) in [6, 6.07) is 0.152. The van der Waals surface area contributed by atoms with Crippen LogP contribution in [0, 0.1) is 0 Å². The molecule has 2 rings (SSSR count). The zero-order valence-corrected chi connectivity index (χ0v) is 18.2. The molecule has 2 aliphatic rings. The minimum Gasteiger partial charge on any atom is -0.314 e. The second-order valence-corrected chi connectivity index (χ2v) is 10.3. The number of likely N-dealkylation sites (tertiary alicyclic amines) is 1. The van der Waals surface area contributed by atoms with Crippen LogP contribution in [0.2, 0.25) is 0 Å². The fraction of sp³-hybridized carbons (Fsp3) is 1.00. The highest BCUT2D eigenvalue weighted by atomic mass is 32.2. The molecule has 6 nitrogen and oxygen atoms in total. The quantitative estimate of drug-likeness (QED) is 0.657. The average Bonchev–Trinajstić information content (AvgIpc) is 2.65. The Morgan fingerprint density at radius 2 is 1.54 bits per heavy atom. The highest BCUT2D eigenvalue weighted by molar-refractivity contribution is 7.90. The van der Waals surface area contributed by atoms with Gasteiger partial charge in [-0.2, -0.15) is 4.31 Å². The molecule has 0 saturated carbocycles. The molecule has 1 N–H and O–H groups in total. The van der Waals surface area contributed by atoms with E-state index in [2.05, 4.69) is 24.1 Å². The summed E-state index contributed by atoms with van der Waals surface area (Å²) in [5.41, 5.74) is 0. The van der Waals surface area contributed by atoms with E-state index in [4.69, 9.17) is 0 Å². The molecule has 0 aliphatic carbocycles. The molecule has 0 aromatic rings. The predicted octanol–water partition coefficient (Wildman–Crippen LogP) is 2.28. The monoisotopic (exact) mass is 388 g/mol. The van der Waals surface area contributed by atoms with Gasteiger partial charge in [0.25, 0.3) is 0 Å². The average molecular weight is 389 g/mol. The Bertz CT molecular complexity index is 514. The van der Waals surface area contributed by atoms with E-state index in [1.165, 1.54) is 6.42 Å². The summed E-state index contributed by atoms with van der Waals surface area (Å²) in [5.74, 6) is 0. The van der Waals surface area contributed by atoms with Gasteiger partial charge in [0.05, 0.1) is 0 Å². The standard InChI is InChI=1S/C19H40N4O2S/c1-5-12-20-18(2)17-19(21(3)4,22-13-8-6-9-14-22)26(24,25)23-15-10-7-11-16-23/h18,20H,5-17H2,1-4H3. The molecule has 0 bridgehead atoms. The van der Waals surface area contributed by atoms with E-state index in [1.54, 1.807) is 4.31 Å². The van der Waals surface area contributed by atoms with E-state index >= 15 is 0 Å². The lowest BCUT2D eigenvalue weighted by Crippen LogP contribution is -2.69. The fourth-order valence-corrected chi connectivity index (χ4v) is 7.09. The van der Waals surface area contributed by atoms with Gasteiger partial charge in [-0.1, -0.05) is 19.8 Å². The molecule has 2 heterocycles. The Labute approximate surface area is 161 Å². The Morgan fingerprint density at radius 3 is 2.04 bits per heavy atom. The van der Waals surface area contributed by atoms with Gasteiger partial charge in [0.1, 0.15) is 0 Å². The summed E-state index contributed by atoms with van der Waals surface area (Å²) in [7, 11) is 0.435. The van der Waals surface area contributed by atoms with Gasteiger partial charge in [-0.25, -0.2) is 8.42 Å². The van der Waals surface area contributed by atoms with Crippen LogP contribution in [0.15, 0.2) is 0 Å². The number of nitrogens with zero attached hydrogens (tertiary/aromatic N) is 3. The van der Waals surface area contributed by atoms with Crippen LogP contribution in [0.1, 0.15) is 65.2 Å². The van der Waals surface area contributed by atoms with Crippen LogP contribution in [-0.2, 0) is 10.0 Å². The van der Waals surface area contributed by atoms with Crippen molar-refractivity contribution in [1.29, 1.82) is 0 Å². The van der Waals surface area contributed by atoms with Crippen molar-refractivity contribution in [3.63, 3.8) is 0 Å². The maximum Gasteiger partial charge on any atom is 0.247 e. The molecule has 0 radical (unpaired) electrons. The van der Waals surface area contributed by atoms with E-state index in [0.29, 0.717) is 19.5 Å². The number of sulfonamides is 1. The molecular weight excluding hydrogens is 348 g/mol. The lowest BCUT2D eigenvalue weighted by Gasteiger charge is -2.51. The van der Waals surface area contributed by atoms with E-state index in [1.807, 2.05) is 19.0 Å². The van der Waals surface area contributed by atoms with Crippen LogP contribution in [0.3, 0.4) is 0 Å². The van der Waals surface area contributed by atoms with Gasteiger partial charge in [-0.15, -0.1) is 0 Å². The zero-order valence-electron chi connectivity index (χ0n) is 17.3. The first kappa shape index (κ1) is 22.1. The van der Waals surface area contributed by atoms with E-state index in [9.17, 15) is 8.42 Å². The summed E-state index contributed by atoms with van der Waals surface area (Å²) in [6.07, 6.45) is 8.12. The van der Waals surface area contributed by atoms with Gasteiger partial charge in [-0.05, 0) is 59.7 Å². The summed E-state index contributed by atoms with van der Waals surface area (Å²) >= 11 is 0. The summed E-state index contributed by atoms with van der Waals surface area (Å²) in [5, 5.41) is 3.52. The van der Waals surface area contributed by atoms with Crippen LogP contribution < -0.4 is 5.32 Å². The molecule has 2 atom stereocenters. The number of rotatable bonds is 9. The molecule has 2 saturated heterocycles. The molecule has 0 aromatic carbocycles. The number of hydrogen-bond donors (Lipinski definition) is 1. The molecule has 0 aromatic heterocycles. The highest BCUT2D eigenvalue weighted by Crippen LogP contribution is 2.36. The first-order valence-electron chi connectivity index (χ1n) is 10.5. The largest absolute Gasteiger partial charge is 0.314 e. The van der Waals surface area contributed by atoms with Crippen LogP contribution in [0.5, 0.6) is 0 Å². The molecule has 7 heteroatoms. The minimum absolute atomic E-state index is 0.152. The molecule has 0 spiro atoms. The third-order valence-electron chi connectivity index (χ3n) is 5.93. The number of nitrogens with one attached hydrogen (secondary N) is 1. The van der Waals surface area contributed by atoms with Crippen LogP contribution in [0.25, 0.3) is 0 Å². The van der Waals surface area contributed by atoms with Crippen LogP contribution in [0.4, 0.5) is 0 Å². The smallest absolute Gasteiger partial charge is 0.247 e. The Hall–Kier alpha value is -0.210.